The molecule has 0 aliphatic carbocycles. The molecule has 0 spiro atoms. The maximum atomic E-state index is 12.5. The molecule has 5 heteroatoms. The highest BCUT2D eigenvalue weighted by Gasteiger charge is 2.15. The topological polar surface area (TPSA) is 20.3 Å². The van der Waals surface area contributed by atoms with Gasteiger partial charge < -0.3 is 4.90 Å². The first-order valence-electron chi connectivity index (χ1n) is 6.34. The highest BCUT2D eigenvalue weighted by Crippen LogP contribution is 2.23. The summed E-state index contributed by atoms with van der Waals surface area (Å²) in [6.07, 6.45) is 2.05. The number of thioether (sulfide) groups is 1. The van der Waals surface area contributed by atoms with Crippen LogP contribution < -0.4 is 0 Å². The van der Waals surface area contributed by atoms with Gasteiger partial charge in [-0.2, -0.15) is 0 Å². The van der Waals surface area contributed by atoms with Gasteiger partial charge in [0.15, 0.2) is 0 Å². The van der Waals surface area contributed by atoms with E-state index in [1.54, 1.807) is 16.7 Å². The van der Waals surface area contributed by atoms with Crippen molar-refractivity contribution >= 4 is 49.5 Å². The fourth-order valence-electron chi connectivity index (χ4n) is 1.95. The number of hydrogen-bond acceptors (Lipinski definition) is 2. The van der Waals surface area contributed by atoms with E-state index in [0.29, 0.717) is 12.1 Å². The Kier molecular flexibility index (Phi) is 5.90. The van der Waals surface area contributed by atoms with Crippen molar-refractivity contribution in [2.45, 2.75) is 11.4 Å². The van der Waals surface area contributed by atoms with E-state index < -0.39 is 0 Å². The van der Waals surface area contributed by atoms with Crippen molar-refractivity contribution in [2.75, 3.05) is 13.3 Å². The van der Waals surface area contributed by atoms with E-state index in [1.165, 1.54) is 4.90 Å². The van der Waals surface area contributed by atoms with E-state index in [-0.39, 0.29) is 5.91 Å². The maximum absolute atomic E-state index is 12.5. The molecule has 0 saturated heterocycles. The lowest BCUT2D eigenvalue weighted by atomic mass is 10.1. The predicted octanol–water partition coefficient (Wildman–Crippen LogP) is 5.21. The SMILES string of the molecule is CSc1ccc(CN(C)C(=O)c2ccc(Br)cc2Br)cc1. The van der Waals surface area contributed by atoms with E-state index in [2.05, 4.69) is 62.4 Å². The summed E-state index contributed by atoms with van der Waals surface area (Å²) in [5.74, 6) is 0.00307. The third-order valence-electron chi connectivity index (χ3n) is 3.09. The Bertz CT molecular complexity index is 643. The fourth-order valence-corrected chi connectivity index (χ4v) is 3.57. The van der Waals surface area contributed by atoms with Crippen LogP contribution in [0.15, 0.2) is 56.3 Å². The van der Waals surface area contributed by atoms with Crippen LogP contribution in [0.25, 0.3) is 0 Å². The molecule has 0 saturated carbocycles. The molecule has 2 rings (SSSR count). The van der Waals surface area contributed by atoms with E-state index in [9.17, 15) is 4.79 Å². The summed E-state index contributed by atoms with van der Waals surface area (Å²) in [6.45, 7) is 0.593. The largest absolute Gasteiger partial charge is 0.337 e. The van der Waals surface area contributed by atoms with Crippen molar-refractivity contribution in [1.82, 2.24) is 4.90 Å². The Morgan fingerprint density at radius 3 is 2.38 bits per heavy atom. The van der Waals surface area contributed by atoms with Crippen LogP contribution in [0.5, 0.6) is 0 Å². The number of halogens is 2. The van der Waals surface area contributed by atoms with Crippen molar-refractivity contribution in [1.29, 1.82) is 0 Å². The van der Waals surface area contributed by atoms with E-state index >= 15 is 0 Å². The quantitative estimate of drug-likeness (QED) is 0.623. The summed E-state index contributed by atoms with van der Waals surface area (Å²) in [7, 11) is 1.82. The minimum atomic E-state index is 0.00307. The lowest BCUT2D eigenvalue weighted by molar-refractivity contribution is 0.0784. The lowest BCUT2D eigenvalue weighted by Gasteiger charge is -2.18. The average molecular weight is 429 g/mol. The highest BCUT2D eigenvalue weighted by molar-refractivity contribution is 9.11. The number of carbonyl (C=O) groups excluding carboxylic acids is 1. The lowest BCUT2D eigenvalue weighted by Crippen LogP contribution is -2.26. The van der Waals surface area contributed by atoms with Crippen LogP contribution >= 0.6 is 43.6 Å². The smallest absolute Gasteiger partial charge is 0.255 e. The minimum Gasteiger partial charge on any atom is -0.337 e. The van der Waals surface area contributed by atoms with Gasteiger partial charge >= 0.3 is 0 Å². The van der Waals surface area contributed by atoms with Gasteiger partial charge in [-0.1, -0.05) is 28.1 Å². The van der Waals surface area contributed by atoms with Gasteiger partial charge in [0.1, 0.15) is 0 Å². The number of amides is 1. The molecule has 2 nitrogen and oxygen atoms in total. The van der Waals surface area contributed by atoms with Crippen LogP contribution in [0.3, 0.4) is 0 Å². The van der Waals surface area contributed by atoms with Crippen LogP contribution in [-0.4, -0.2) is 24.1 Å². The molecule has 0 radical (unpaired) electrons. The number of nitrogens with zero attached hydrogens (tertiary/aromatic N) is 1. The zero-order valence-corrected chi connectivity index (χ0v) is 15.8. The second-order valence-electron chi connectivity index (χ2n) is 4.63. The predicted molar refractivity (Wildman–Crippen MR) is 95.9 cm³/mol. The zero-order valence-electron chi connectivity index (χ0n) is 11.8. The molecule has 2 aromatic carbocycles. The van der Waals surface area contributed by atoms with Crippen molar-refractivity contribution < 1.29 is 4.79 Å². The fraction of sp³-hybridized carbons (Fsp3) is 0.188. The van der Waals surface area contributed by atoms with E-state index in [1.807, 2.05) is 25.2 Å². The van der Waals surface area contributed by atoms with Gasteiger partial charge in [-0.15, -0.1) is 11.8 Å². The zero-order chi connectivity index (χ0) is 15.4. The Hall–Kier alpha value is -0.780. The molecular formula is C16H15Br2NOS. The van der Waals surface area contributed by atoms with E-state index in [0.717, 1.165) is 14.5 Å². The third kappa shape index (κ3) is 4.34. The molecule has 0 aliphatic heterocycles. The Morgan fingerprint density at radius 2 is 1.81 bits per heavy atom. The van der Waals surface area contributed by atoms with Crippen molar-refractivity contribution in [2.24, 2.45) is 0 Å². The van der Waals surface area contributed by atoms with Crippen molar-refractivity contribution in [3.8, 4) is 0 Å². The van der Waals surface area contributed by atoms with Crippen molar-refractivity contribution in [3.05, 3.63) is 62.5 Å². The second-order valence-corrected chi connectivity index (χ2v) is 7.28. The first kappa shape index (κ1) is 16.6. The highest BCUT2D eigenvalue weighted by atomic mass is 79.9. The molecule has 110 valence electrons. The summed E-state index contributed by atoms with van der Waals surface area (Å²) in [4.78, 5) is 15.4. The average Bonchev–Trinajstić information content (AvgIpc) is 2.47. The monoisotopic (exact) mass is 427 g/mol. The summed E-state index contributed by atoms with van der Waals surface area (Å²) in [5, 5.41) is 0. The number of carbonyl (C=O) groups is 1. The molecule has 0 bridgehead atoms. The van der Waals surface area contributed by atoms with Crippen LogP contribution in [0, 0.1) is 0 Å². The molecular weight excluding hydrogens is 414 g/mol. The summed E-state index contributed by atoms with van der Waals surface area (Å²) < 4.78 is 1.74. The van der Waals surface area contributed by atoms with Crippen LogP contribution in [-0.2, 0) is 6.54 Å². The van der Waals surface area contributed by atoms with Gasteiger partial charge in [0, 0.05) is 27.4 Å². The standard InChI is InChI=1S/C16H15Br2NOS/c1-19(10-11-3-6-13(21-2)7-4-11)16(20)14-8-5-12(17)9-15(14)18/h3-9H,10H2,1-2H3. The summed E-state index contributed by atoms with van der Waals surface area (Å²) in [5.41, 5.74) is 1.79. The Labute approximate surface area is 146 Å². The van der Waals surface area contributed by atoms with Gasteiger partial charge in [-0.05, 0) is 58.1 Å². The molecule has 0 atom stereocenters. The van der Waals surface area contributed by atoms with Crippen LogP contribution in [0.4, 0.5) is 0 Å². The van der Waals surface area contributed by atoms with Gasteiger partial charge in [-0.3, -0.25) is 4.79 Å². The summed E-state index contributed by atoms with van der Waals surface area (Å²) >= 11 is 8.54. The number of benzene rings is 2. The number of rotatable bonds is 4. The molecule has 21 heavy (non-hydrogen) atoms. The molecule has 0 N–H and O–H groups in total. The molecule has 0 aromatic heterocycles. The molecule has 2 aromatic rings. The van der Waals surface area contributed by atoms with Gasteiger partial charge in [0.05, 0.1) is 5.56 Å². The van der Waals surface area contributed by atoms with Gasteiger partial charge in [0.25, 0.3) is 5.91 Å². The normalized spacial score (nSPS) is 10.5. The van der Waals surface area contributed by atoms with Gasteiger partial charge in [0.2, 0.25) is 0 Å². The van der Waals surface area contributed by atoms with Crippen LogP contribution in [0.1, 0.15) is 15.9 Å². The molecule has 0 heterocycles. The molecule has 1 amide bonds. The molecule has 0 aliphatic rings. The first-order valence-corrected chi connectivity index (χ1v) is 9.16. The Balaban J connectivity index is 2.11. The number of hydrogen-bond donors (Lipinski definition) is 0. The van der Waals surface area contributed by atoms with Crippen molar-refractivity contribution in [3.63, 3.8) is 0 Å². The summed E-state index contributed by atoms with van der Waals surface area (Å²) in [6, 6.07) is 13.9. The second kappa shape index (κ2) is 7.47. The Morgan fingerprint density at radius 1 is 1.14 bits per heavy atom. The minimum absolute atomic E-state index is 0.00307. The maximum Gasteiger partial charge on any atom is 0.255 e. The first-order chi connectivity index (χ1) is 10.0. The van der Waals surface area contributed by atoms with E-state index in [4.69, 9.17) is 0 Å². The molecule has 0 unspecified atom stereocenters. The molecule has 0 fully saturated rings. The van der Waals surface area contributed by atoms with Gasteiger partial charge in [-0.25, -0.2) is 0 Å². The van der Waals surface area contributed by atoms with Crippen LogP contribution in [0.2, 0.25) is 0 Å². The third-order valence-corrected chi connectivity index (χ3v) is 4.98.